The molecular formula is C15H22O3. The van der Waals surface area contributed by atoms with Crippen LogP contribution in [0.1, 0.15) is 25.7 Å². The summed E-state index contributed by atoms with van der Waals surface area (Å²) in [5, 5.41) is 10.8. The number of hydrogen-bond donors (Lipinski definition) is 1. The van der Waals surface area contributed by atoms with Gasteiger partial charge in [-0.25, -0.2) is 0 Å². The predicted molar refractivity (Wildman–Crippen MR) is 68.9 cm³/mol. The van der Waals surface area contributed by atoms with Crippen molar-refractivity contribution in [2.45, 2.75) is 37.6 Å². The normalized spacial score (nSPS) is 45.1. The first-order chi connectivity index (χ1) is 8.59. The van der Waals surface area contributed by atoms with Gasteiger partial charge in [-0.15, -0.1) is 0 Å². The summed E-state index contributed by atoms with van der Waals surface area (Å²) in [5.74, 6) is -0.577. The molecule has 1 N–H and O–H groups in total. The van der Waals surface area contributed by atoms with Crippen LogP contribution in [0.3, 0.4) is 0 Å². The van der Waals surface area contributed by atoms with Crippen molar-refractivity contribution >= 4 is 0 Å². The zero-order chi connectivity index (χ0) is 13.0. The van der Waals surface area contributed by atoms with Gasteiger partial charge in [0.1, 0.15) is 6.10 Å². The second-order valence-corrected chi connectivity index (χ2v) is 5.99. The summed E-state index contributed by atoms with van der Waals surface area (Å²) in [6, 6.07) is 0. The smallest absolute Gasteiger partial charge is 0.200 e. The zero-order valence-electron chi connectivity index (χ0n) is 11.2. The van der Waals surface area contributed by atoms with E-state index in [1.165, 1.54) is 0 Å². The Morgan fingerprint density at radius 3 is 2.78 bits per heavy atom. The molecule has 100 valence electrons. The summed E-state index contributed by atoms with van der Waals surface area (Å²) >= 11 is 0. The Hall–Kier alpha value is -0.640. The molecule has 3 aliphatic carbocycles. The van der Waals surface area contributed by atoms with E-state index >= 15 is 0 Å². The lowest BCUT2D eigenvalue weighted by atomic mass is 9.60. The van der Waals surface area contributed by atoms with Crippen molar-refractivity contribution in [1.82, 2.24) is 0 Å². The third-order valence-electron chi connectivity index (χ3n) is 5.38. The number of aliphatic hydroxyl groups excluding tert-OH is 1. The summed E-state index contributed by atoms with van der Waals surface area (Å²) in [6.45, 7) is 4.20. The monoisotopic (exact) mass is 250 g/mol. The molecule has 0 aromatic carbocycles. The maximum atomic E-state index is 10.8. The first-order valence-electron chi connectivity index (χ1n) is 6.73. The molecule has 0 amide bonds. The van der Waals surface area contributed by atoms with Gasteiger partial charge in [0.15, 0.2) is 0 Å². The number of hydrogen-bond acceptors (Lipinski definition) is 3. The van der Waals surface area contributed by atoms with E-state index in [2.05, 4.69) is 18.7 Å². The average molecular weight is 250 g/mol. The van der Waals surface area contributed by atoms with Gasteiger partial charge in [-0.1, -0.05) is 24.3 Å². The molecule has 1 spiro atoms. The minimum absolute atomic E-state index is 0.0972. The number of aliphatic hydroxyl groups is 1. The molecule has 1 unspecified atom stereocenters. The Labute approximate surface area is 108 Å². The van der Waals surface area contributed by atoms with Crippen LogP contribution in [0.2, 0.25) is 0 Å². The Balaban J connectivity index is 2.09. The van der Waals surface area contributed by atoms with E-state index in [0.717, 1.165) is 31.3 Å². The van der Waals surface area contributed by atoms with Crippen LogP contribution >= 0.6 is 0 Å². The van der Waals surface area contributed by atoms with Crippen molar-refractivity contribution in [2.75, 3.05) is 14.2 Å². The maximum Gasteiger partial charge on any atom is 0.200 e. The number of fused-ring (bicyclic) bond motifs is 1. The third kappa shape index (κ3) is 1.30. The Bertz CT molecular complexity index is 397. The van der Waals surface area contributed by atoms with Crippen LogP contribution in [0.15, 0.2) is 24.3 Å². The summed E-state index contributed by atoms with van der Waals surface area (Å²) in [7, 11) is 3.26. The summed E-state index contributed by atoms with van der Waals surface area (Å²) < 4.78 is 11.3. The second kappa shape index (κ2) is 3.92. The molecule has 0 aromatic rings. The van der Waals surface area contributed by atoms with Gasteiger partial charge in [0.2, 0.25) is 5.79 Å². The van der Waals surface area contributed by atoms with Crippen molar-refractivity contribution in [1.29, 1.82) is 0 Å². The molecule has 2 bridgehead atoms. The number of rotatable bonds is 2. The second-order valence-electron chi connectivity index (χ2n) is 5.99. The number of methoxy groups -OCH3 is 2. The first-order valence-corrected chi connectivity index (χ1v) is 6.73. The third-order valence-corrected chi connectivity index (χ3v) is 5.38. The molecule has 18 heavy (non-hydrogen) atoms. The molecule has 3 rings (SSSR count). The lowest BCUT2D eigenvalue weighted by molar-refractivity contribution is -0.310. The molecule has 3 nitrogen and oxygen atoms in total. The number of ether oxygens (including phenoxy) is 2. The zero-order valence-corrected chi connectivity index (χ0v) is 11.2. The summed E-state index contributed by atoms with van der Waals surface area (Å²) in [5.41, 5.74) is 1.26. The van der Waals surface area contributed by atoms with Crippen LogP contribution in [0.25, 0.3) is 0 Å². The van der Waals surface area contributed by atoms with Gasteiger partial charge in [-0.3, -0.25) is 0 Å². The lowest BCUT2D eigenvalue weighted by Gasteiger charge is -2.52. The van der Waals surface area contributed by atoms with Crippen molar-refractivity contribution in [3.63, 3.8) is 0 Å². The van der Waals surface area contributed by atoms with E-state index in [-0.39, 0.29) is 17.3 Å². The first kappa shape index (κ1) is 12.4. The van der Waals surface area contributed by atoms with Gasteiger partial charge >= 0.3 is 0 Å². The van der Waals surface area contributed by atoms with Gasteiger partial charge in [-0.2, -0.15) is 0 Å². The van der Waals surface area contributed by atoms with Gasteiger partial charge in [0.25, 0.3) is 0 Å². The SMILES string of the molecule is C=C1C[C@@]23C=CCC[C@@H]2C(O)C(OC)(OC)[C@@H]1C3. The molecule has 0 aliphatic heterocycles. The number of allylic oxidation sites excluding steroid dienone is 2. The molecule has 2 fully saturated rings. The minimum atomic E-state index is -0.896. The van der Waals surface area contributed by atoms with E-state index in [0.29, 0.717) is 0 Å². The topological polar surface area (TPSA) is 38.7 Å². The van der Waals surface area contributed by atoms with Crippen molar-refractivity contribution in [3.8, 4) is 0 Å². The molecule has 4 atom stereocenters. The highest BCUT2D eigenvalue weighted by molar-refractivity contribution is 5.30. The summed E-state index contributed by atoms with van der Waals surface area (Å²) in [4.78, 5) is 0. The summed E-state index contributed by atoms with van der Waals surface area (Å²) in [6.07, 6.45) is 7.98. The molecule has 3 heteroatoms. The van der Waals surface area contributed by atoms with E-state index in [9.17, 15) is 5.11 Å². The standard InChI is InChI=1S/C15H22O3/c1-10-8-14-7-5-4-6-11(14)13(16)15(17-2,18-3)12(10)9-14/h5,7,11-13,16H,1,4,6,8-9H2,2-3H3/t11-,12-,13?,14-/m1/s1. The van der Waals surface area contributed by atoms with Crippen LogP contribution < -0.4 is 0 Å². The van der Waals surface area contributed by atoms with Gasteiger partial charge < -0.3 is 14.6 Å². The highest BCUT2D eigenvalue weighted by Gasteiger charge is 2.65. The highest BCUT2D eigenvalue weighted by atomic mass is 16.7. The van der Waals surface area contributed by atoms with Crippen LogP contribution in [0.5, 0.6) is 0 Å². The van der Waals surface area contributed by atoms with E-state index in [4.69, 9.17) is 9.47 Å². The van der Waals surface area contributed by atoms with Gasteiger partial charge in [-0.05, 0) is 37.0 Å². The fourth-order valence-corrected chi connectivity index (χ4v) is 4.55. The van der Waals surface area contributed by atoms with Crippen LogP contribution in [-0.2, 0) is 9.47 Å². The minimum Gasteiger partial charge on any atom is -0.387 e. The average Bonchev–Trinajstić information content (AvgIpc) is 2.67. The molecular weight excluding hydrogens is 228 g/mol. The highest BCUT2D eigenvalue weighted by Crippen LogP contribution is 2.63. The lowest BCUT2D eigenvalue weighted by Crippen LogP contribution is -2.60. The molecule has 3 aliphatic rings. The molecule has 0 saturated heterocycles. The van der Waals surface area contributed by atoms with E-state index in [1.807, 2.05) is 0 Å². The molecule has 0 aromatic heterocycles. The fourth-order valence-electron chi connectivity index (χ4n) is 4.55. The Morgan fingerprint density at radius 1 is 1.39 bits per heavy atom. The largest absolute Gasteiger partial charge is 0.387 e. The van der Waals surface area contributed by atoms with Crippen molar-refractivity contribution < 1.29 is 14.6 Å². The Morgan fingerprint density at radius 2 is 2.11 bits per heavy atom. The van der Waals surface area contributed by atoms with Gasteiger partial charge in [0.05, 0.1) is 0 Å². The quantitative estimate of drug-likeness (QED) is 0.603. The van der Waals surface area contributed by atoms with E-state index < -0.39 is 11.9 Å². The van der Waals surface area contributed by atoms with Crippen molar-refractivity contribution in [3.05, 3.63) is 24.3 Å². The van der Waals surface area contributed by atoms with Crippen molar-refractivity contribution in [2.24, 2.45) is 17.3 Å². The molecule has 2 saturated carbocycles. The van der Waals surface area contributed by atoms with Crippen LogP contribution in [0, 0.1) is 17.3 Å². The fraction of sp³-hybridized carbons (Fsp3) is 0.733. The van der Waals surface area contributed by atoms with E-state index in [1.54, 1.807) is 14.2 Å². The Kier molecular flexibility index (Phi) is 2.70. The van der Waals surface area contributed by atoms with Gasteiger partial charge in [0, 0.05) is 20.1 Å². The van der Waals surface area contributed by atoms with Crippen LogP contribution in [-0.4, -0.2) is 31.2 Å². The molecule has 0 heterocycles. The van der Waals surface area contributed by atoms with Crippen LogP contribution in [0.4, 0.5) is 0 Å². The maximum absolute atomic E-state index is 10.8. The predicted octanol–water partition coefficient (Wildman–Crippen LogP) is 2.27. The molecule has 0 radical (unpaired) electrons.